The number of ether oxygens (including phenoxy) is 1. The van der Waals surface area contributed by atoms with Crippen LogP contribution in [0.4, 0.5) is 13.2 Å². The normalized spacial score (nSPS) is 16.1. The summed E-state index contributed by atoms with van der Waals surface area (Å²) in [6.07, 6.45) is -0.197. The molecule has 0 heterocycles. The van der Waals surface area contributed by atoms with Gasteiger partial charge in [-0.2, -0.15) is 9.81 Å². The number of halogens is 3. The molecule has 1 rings (SSSR count). The molecule has 2 N–H and O–H groups in total. The number of alkyl halides is 2. The van der Waals surface area contributed by atoms with Gasteiger partial charge in [0.15, 0.2) is 10.3 Å². The van der Waals surface area contributed by atoms with Crippen molar-refractivity contribution in [3.63, 3.8) is 0 Å². The van der Waals surface area contributed by atoms with Gasteiger partial charge in [0.1, 0.15) is 19.0 Å². The SMILES string of the molecule is CC[C@@](N[S+](O)C(C)(C)C)(c1ccccc1F)C(F)(F)COCC#N. The van der Waals surface area contributed by atoms with Gasteiger partial charge in [-0.3, -0.25) is 0 Å². The van der Waals surface area contributed by atoms with Crippen LogP contribution in [0.3, 0.4) is 0 Å². The van der Waals surface area contributed by atoms with Gasteiger partial charge in [-0.25, -0.2) is 13.2 Å². The lowest BCUT2D eigenvalue weighted by Crippen LogP contribution is -2.62. The molecule has 0 bridgehead atoms. The molecule has 0 radical (unpaired) electrons. The molecule has 0 aromatic heterocycles. The highest BCUT2D eigenvalue weighted by Gasteiger charge is 2.60. The van der Waals surface area contributed by atoms with Gasteiger partial charge >= 0.3 is 0 Å². The molecule has 0 fully saturated rings. The van der Waals surface area contributed by atoms with Crippen molar-refractivity contribution in [3.8, 4) is 6.07 Å². The Balaban J connectivity index is 3.43. The van der Waals surface area contributed by atoms with Crippen molar-refractivity contribution in [1.82, 2.24) is 4.72 Å². The van der Waals surface area contributed by atoms with E-state index in [1.54, 1.807) is 26.8 Å². The fraction of sp³-hybridized carbons (Fsp3) is 0.588. The van der Waals surface area contributed by atoms with Crippen LogP contribution in [0.15, 0.2) is 24.3 Å². The van der Waals surface area contributed by atoms with Gasteiger partial charge in [-0.05, 0) is 33.3 Å². The van der Waals surface area contributed by atoms with Gasteiger partial charge in [0.2, 0.25) is 11.4 Å². The molecule has 0 saturated heterocycles. The second-order valence-corrected chi connectivity index (χ2v) is 8.59. The molecule has 0 aliphatic heterocycles. The van der Waals surface area contributed by atoms with Crippen LogP contribution in [-0.2, 0) is 21.6 Å². The van der Waals surface area contributed by atoms with Gasteiger partial charge in [0.05, 0.1) is 6.07 Å². The van der Waals surface area contributed by atoms with Crippen molar-refractivity contribution in [1.29, 1.82) is 5.26 Å². The summed E-state index contributed by atoms with van der Waals surface area (Å²) in [6, 6.07) is 6.86. The molecule has 0 spiro atoms. The molecule has 8 heteroatoms. The molecule has 1 unspecified atom stereocenters. The van der Waals surface area contributed by atoms with Crippen LogP contribution in [0.5, 0.6) is 0 Å². The molecule has 25 heavy (non-hydrogen) atoms. The highest BCUT2D eigenvalue weighted by atomic mass is 32.2. The van der Waals surface area contributed by atoms with Gasteiger partial charge in [0, 0.05) is 5.56 Å². The van der Waals surface area contributed by atoms with E-state index in [1.807, 2.05) is 0 Å². The summed E-state index contributed by atoms with van der Waals surface area (Å²) < 4.78 is 61.6. The van der Waals surface area contributed by atoms with E-state index in [0.717, 1.165) is 6.07 Å². The largest absolute Gasteiger partial charge is 0.360 e. The first kappa shape index (κ1) is 21.8. The first-order valence-electron chi connectivity index (χ1n) is 7.80. The lowest BCUT2D eigenvalue weighted by Gasteiger charge is -2.39. The smallest absolute Gasteiger partial charge is 0.297 e. The van der Waals surface area contributed by atoms with E-state index in [4.69, 9.17) is 10.00 Å². The second-order valence-electron chi connectivity index (χ2n) is 6.59. The topological polar surface area (TPSA) is 65.3 Å². The molecular formula is C17H24F3N2O2S+. The fourth-order valence-electron chi connectivity index (χ4n) is 2.32. The lowest BCUT2D eigenvalue weighted by atomic mass is 9.82. The third kappa shape index (κ3) is 4.88. The zero-order valence-corrected chi connectivity index (χ0v) is 15.6. The van der Waals surface area contributed by atoms with Crippen LogP contribution in [0, 0.1) is 17.1 Å². The maximum atomic E-state index is 15.1. The summed E-state index contributed by atoms with van der Waals surface area (Å²) in [4.78, 5) is 0. The van der Waals surface area contributed by atoms with Crippen LogP contribution in [0.1, 0.15) is 39.7 Å². The van der Waals surface area contributed by atoms with Crippen LogP contribution >= 0.6 is 0 Å². The number of hydrogen-bond acceptors (Lipinski definition) is 4. The molecular weight excluding hydrogens is 353 g/mol. The van der Waals surface area contributed by atoms with Gasteiger partial charge in [0.25, 0.3) is 5.92 Å². The maximum Gasteiger partial charge on any atom is 0.297 e. The summed E-state index contributed by atoms with van der Waals surface area (Å²) in [5, 5.41) is 8.50. The van der Waals surface area contributed by atoms with Crippen molar-refractivity contribution in [2.24, 2.45) is 0 Å². The van der Waals surface area contributed by atoms with E-state index in [9.17, 15) is 8.94 Å². The quantitative estimate of drug-likeness (QED) is 0.531. The number of nitriles is 1. The molecule has 1 aromatic carbocycles. The van der Waals surface area contributed by atoms with Crippen LogP contribution in [-0.4, -0.2) is 28.4 Å². The predicted octanol–water partition coefficient (Wildman–Crippen LogP) is 4.00. The first-order valence-corrected chi connectivity index (χ1v) is 8.99. The molecule has 0 saturated carbocycles. The molecule has 0 aliphatic carbocycles. The molecule has 140 valence electrons. The molecule has 1 aromatic rings. The predicted molar refractivity (Wildman–Crippen MR) is 92.6 cm³/mol. The minimum absolute atomic E-state index is 0.197. The molecule has 2 atom stereocenters. The Bertz CT molecular complexity index is 617. The molecule has 0 aliphatic rings. The molecule has 4 nitrogen and oxygen atoms in total. The zero-order valence-electron chi connectivity index (χ0n) is 14.8. The Kier molecular flexibility index (Phi) is 7.32. The van der Waals surface area contributed by atoms with E-state index in [1.165, 1.54) is 25.1 Å². The van der Waals surface area contributed by atoms with Crippen molar-refractivity contribution in [2.45, 2.75) is 50.3 Å². The standard InChI is InChI=1S/C17H24F3N2O2S/c1-5-16(22-25(23)15(2,3)4,13-8-6-7-9-14(13)18)17(19,20)12-24-11-10-21/h6-9,22-23H,5,11-12H2,1-4H3/q+1/t16-,25?/m1/s1. The third-order valence-corrected chi connectivity index (χ3v) is 5.49. The number of benzene rings is 1. The van der Waals surface area contributed by atoms with E-state index in [0.29, 0.717) is 0 Å². The zero-order chi connectivity index (χ0) is 19.3. The van der Waals surface area contributed by atoms with Crippen molar-refractivity contribution < 1.29 is 22.5 Å². The van der Waals surface area contributed by atoms with E-state index < -0.39 is 46.6 Å². The summed E-state index contributed by atoms with van der Waals surface area (Å²) in [7, 11) is 0. The second kappa shape index (κ2) is 8.41. The highest BCUT2D eigenvalue weighted by Crippen LogP contribution is 2.43. The van der Waals surface area contributed by atoms with Crippen molar-refractivity contribution >= 4 is 11.4 Å². The van der Waals surface area contributed by atoms with Gasteiger partial charge in [-0.15, -0.1) is 0 Å². The lowest BCUT2D eigenvalue weighted by molar-refractivity contribution is -0.135. The maximum absolute atomic E-state index is 15.1. The summed E-state index contributed by atoms with van der Waals surface area (Å²) in [6.45, 7) is 4.98. The fourth-order valence-corrected chi connectivity index (χ4v) is 3.36. The summed E-state index contributed by atoms with van der Waals surface area (Å²) in [5.74, 6) is -4.37. The van der Waals surface area contributed by atoms with E-state index in [-0.39, 0.29) is 12.0 Å². The molecule has 0 amide bonds. The first-order chi connectivity index (χ1) is 11.5. The summed E-state index contributed by atoms with van der Waals surface area (Å²) >= 11 is -1.64. The van der Waals surface area contributed by atoms with Crippen LogP contribution < -0.4 is 4.72 Å². The Morgan fingerprint density at radius 1 is 1.28 bits per heavy atom. The monoisotopic (exact) mass is 377 g/mol. The van der Waals surface area contributed by atoms with E-state index in [2.05, 4.69) is 4.72 Å². The minimum Gasteiger partial charge on any atom is -0.360 e. The Hall–Kier alpha value is -1.27. The Morgan fingerprint density at radius 3 is 2.36 bits per heavy atom. The van der Waals surface area contributed by atoms with Gasteiger partial charge < -0.3 is 4.74 Å². The third-order valence-electron chi connectivity index (χ3n) is 3.79. The number of rotatable bonds is 8. The Labute approximate surface area is 149 Å². The number of hydrogen-bond donors (Lipinski definition) is 2. The van der Waals surface area contributed by atoms with Crippen molar-refractivity contribution in [2.75, 3.05) is 13.2 Å². The Morgan fingerprint density at radius 2 is 1.88 bits per heavy atom. The van der Waals surface area contributed by atoms with Gasteiger partial charge in [-0.1, -0.05) is 29.8 Å². The average Bonchev–Trinajstić information content (AvgIpc) is 2.52. The highest BCUT2D eigenvalue weighted by molar-refractivity contribution is 7.90. The van der Waals surface area contributed by atoms with Crippen LogP contribution in [0.2, 0.25) is 0 Å². The number of nitrogens with zero attached hydrogens (tertiary/aromatic N) is 1. The van der Waals surface area contributed by atoms with E-state index >= 15 is 8.78 Å². The van der Waals surface area contributed by atoms with Crippen LogP contribution in [0.25, 0.3) is 0 Å². The number of nitrogens with one attached hydrogen (secondary N) is 1. The van der Waals surface area contributed by atoms with Crippen molar-refractivity contribution in [3.05, 3.63) is 35.6 Å². The summed E-state index contributed by atoms with van der Waals surface area (Å²) in [5.41, 5.74) is -2.43. The average molecular weight is 377 g/mol. The minimum atomic E-state index is -3.57.